The predicted molar refractivity (Wildman–Crippen MR) is 74.0 cm³/mol. The predicted octanol–water partition coefficient (Wildman–Crippen LogP) is 1.85. The van der Waals surface area contributed by atoms with Gasteiger partial charge in [0.25, 0.3) is 0 Å². The van der Waals surface area contributed by atoms with E-state index in [0.29, 0.717) is 11.3 Å². The van der Waals surface area contributed by atoms with Crippen LogP contribution in [-0.4, -0.2) is 25.0 Å². The highest BCUT2D eigenvalue weighted by Gasteiger charge is 2.11. The van der Waals surface area contributed by atoms with Crippen molar-refractivity contribution in [1.82, 2.24) is 0 Å². The first-order valence-electron chi connectivity index (χ1n) is 6.22. The zero-order chi connectivity index (χ0) is 14.4. The van der Waals surface area contributed by atoms with E-state index in [-0.39, 0.29) is 18.4 Å². The van der Waals surface area contributed by atoms with Gasteiger partial charge in [0.05, 0.1) is 12.7 Å². The number of hydrogen-bond acceptors (Lipinski definition) is 4. The van der Waals surface area contributed by atoms with Crippen LogP contribution >= 0.6 is 0 Å². The Kier molecular flexibility index (Phi) is 5.51. The maximum atomic E-state index is 11.7. The van der Waals surface area contributed by atoms with Crippen molar-refractivity contribution in [2.45, 2.75) is 32.7 Å². The summed E-state index contributed by atoms with van der Waals surface area (Å²) in [6.45, 7) is 3.76. The molecular formula is C14H20N2O3. The van der Waals surface area contributed by atoms with Gasteiger partial charge in [0.15, 0.2) is 0 Å². The molecule has 3 N–H and O–H groups in total. The fourth-order valence-electron chi connectivity index (χ4n) is 1.63. The Hall–Kier alpha value is -1.88. The van der Waals surface area contributed by atoms with E-state index in [2.05, 4.69) is 10.1 Å². The first kappa shape index (κ1) is 15.2. The average molecular weight is 264 g/mol. The molecule has 0 spiro atoms. The van der Waals surface area contributed by atoms with Crippen LogP contribution in [0.4, 0.5) is 5.69 Å². The van der Waals surface area contributed by atoms with Gasteiger partial charge in [-0.05, 0) is 37.1 Å². The molecule has 5 nitrogen and oxygen atoms in total. The average Bonchev–Trinajstić information content (AvgIpc) is 2.39. The van der Waals surface area contributed by atoms with Crippen molar-refractivity contribution < 1.29 is 14.3 Å². The van der Waals surface area contributed by atoms with Crippen LogP contribution in [0, 0.1) is 6.92 Å². The lowest BCUT2D eigenvalue weighted by molar-refractivity contribution is -0.116. The van der Waals surface area contributed by atoms with E-state index >= 15 is 0 Å². The normalized spacial score (nSPS) is 11.8. The second-order valence-electron chi connectivity index (χ2n) is 4.44. The molecule has 0 aliphatic carbocycles. The number of rotatable bonds is 5. The summed E-state index contributed by atoms with van der Waals surface area (Å²) < 4.78 is 4.64. The molecule has 0 bridgehead atoms. The van der Waals surface area contributed by atoms with E-state index in [0.717, 1.165) is 12.0 Å². The molecule has 0 aliphatic heterocycles. The largest absolute Gasteiger partial charge is 0.465 e. The van der Waals surface area contributed by atoms with Crippen LogP contribution in [-0.2, 0) is 9.53 Å². The van der Waals surface area contributed by atoms with Crippen molar-refractivity contribution in [2.24, 2.45) is 5.73 Å². The monoisotopic (exact) mass is 264 g/mol. The van der Waals surface area contributed by atoms with E-state index in [1.165, 1.54) is 7.11 Å². The number of methoxy groups -OCH3 is 1. The van der Waals surface area contributed by atoms with E-state index in [9.17, 15) is 9.59 Å². The van der Waals surface area contributed by atoms with Crippen LogP contribution in [0.15, 0.2) is 18.2 Å². The number of benzene rings is 1. The summed E-state index contributed by atoms with van der Waals surface area (Å²) in [7, 11) is 1.33. The van der Waals surface area contributed by atoms with Crippen LogP contribution in [0.2, 0.25) is 0 Å². The first-order valence-corrected chi connectivity index (χ1v) is 6.22. The molecule has 0 heterocycles. The summed E-state index contributed by atoms with van der Waals surface area (Å²) in [5.74, 6) is -0.516. The highest BCUT2D eigenvalue weighted by Crippen LogP contribution is 2.17. The lowest BCUT2D eigenvalue weighted by Gasteiger charge is -2.12. The number of ether oxygens (including phenoxy) is 1. The standard InChI is InChI=1S/C14H20N2O3/c1-4-11(15)8-13(17)16-12-6-5-10(7-9(12)2)14(18)19-3/h5-7,11H,4,8,15H2,1-3H3,(H,16,17). The zero-order valence-corrected chi connectivity index (χ0v) is 11.5. The lowest BCUT2D eigenvalue weighted by atomic mass is 10.1. The van der Waals surface area contributed by atoms with Gasteiger partial charge in [0.2, 0.25) is 5.91 Å². The summed E-state index contributed by atoms with van der Waals surface area (Å²) >= 11 is 0. The fourth-order valence-corrected chi connectivity index (χ4v) is 1.63. The van der Waals surface area contributed by atoms with E-state index in [1.807, 2.05) is 13.8 Å². The van der Waals surface area contributed by atoms with Gasteiger partial charge >= 0.3 is 5.97 Å². The van der Waals surface area contributed by atoms with Crippen molar-refractivity contribution in [2.75, 3.05) is 12.4 Å². The van der Waals surface area contributed by atoms with Gasteiger partial charge in [-0.2, -0.15) is 0 Å². The number of amides is 1. The van der Waals surface area contributed by atoms with Gasteiger partial charge in [0, 0.05) is 18.2 Å². The minimum absolute atomic E-state index is 0.122. The molecule has 0 saturated carbocycles. The highest BCUT2D eigenvalue weighted by atomic mass is 16.5. The summed E-state index contributed by atoms with van der Waals surface area (Å²) in [5.41, 5.74) is 7.67. The number of carbonyl (C=O) groups is 2. The van der Waals surface area contributed by atoms with Crippen molar-refractivity contribution in [1.29, 1.82) is 0 Å². The van der Waals surface area contributed by atoms with Crippen LogP contribution < -0.4 is 11.1 Å². The maximum Gasteiger partial charge on any atom is 0.337 e. The Bertz CT molecular complexity index is 472. The van der Waals surface area contributed by atoms with Gasteiger partial charge in [-0.1, -0.05) is 6.92 Å². The third-order valence-corrected chi connectivity index (χ3v) is 2.89. The number of carbonyl (C=O) groups excluding carboxylic acids is 2. The Labute approximate surface area is 113 Å². The van der Waals surface area contributed by atoms with Gasteiger partial charge in [-0.15, -0.1) is 0 Å². The molecule has 1 amide bonds. The molecule has 0 aliphatic rings. The molecule has 0 aromatic heterocycles. The number of aryl methyl sites for hydroxylation is 1. The van der Waals surface area contributed by atoms with Crippen LogP contribution in [0.3, 0.4) is 0 Å². The van der Waals surface area contributed by atoms with E-state index < -0.39 is 5.97 Å². The number of hydrogen-bond donors (Lipinski definition) is 2. The second-order valence-corrected chi connectivity index (χ2v) is 4.44. The van der Waals surface area contributed by atoms with Gasteiger partial charge in [-0.3, -0.25) is 4.79 Å². The van der Waals surface area contributed by atoms with Crippen LogP contribution in [0.25, 0.3) is 0 Å². The molecule has 1 aromatic carbocycles. The molecule has 0 saturated heterocycles. The zero-order valence-electron chi connectivity index (χ0n) is 11.5. The summed E-state index contributed by atoms with van der Waals surface area (Å²) in [6.07, 6.45) is 1.04. The number of nitrogens with two attached hydrogens (primary N) is 1. The number of esters is 1. The smallest absolute Gasteiger partial charge is 0.337 e. The molecule has 1 aromatic rings. The number of nitrogens with one attached hydrogen (secondary N) is 1. The van der Waals surface area contributed by atoms with Gasteiger partial charge in [0.1, 0.15) is 0 Å². The highest BCUT2D eigenvalue weighted by molar-refractivity contribution is 5.94. The third kappa shape index (κ3) is 4.37. The van der Waals surface area contributed by atoms with E-state index in [4.69, 9.17) is 5.73 Å². The molecule has 1 rings (SSSR count). The topological polar surface area (TPSA) is 81.4 Å². The molecular weight excluding hydrogens is 244 g/mol. The Morgan fingerprint density at radius 1 is 1.42 bits per heavy atom. The van der Waals surface area contributed by atoms with Crippen molar-refractivity contribution in [3.8, 4) is 0 Å². The SMILES string of the molecule is CCC(N)CC(=O)Nc1ccc(C(=O)OC)cc1C. The van der Waals surface area contributed by atoms with Crippen molar-refractivity contribution >= 4 is 17.6 Å². The lowest BCUT2D eigenvalue weighted by Crippen LogP contribution is -2.26. The summed E-state index contributed by atoms with van der Waals surface area (Å²) in [6, 6.07) is 4.86. The minimum Gasteiger partial charge on any atom is -0.465 e. The van der Waals surface area contributed by atoms with Gasteiger partial charge in [-0.25, -0.2) is 4.79 Å². The first-order chi connectivity index (χ1) is 8.97. The molecule has 1 unspecified atom stereocenters. The second kappa shape index (κ2) is 6.89. The molecule has 1 atom stereocenters. The van der Waals surface area contributed by atoms with Crippen molar-refractivity contribution in [3.05, 3.63) is 29.3 Å². The van der Waals surface area contributed by atoms with Gasteiger partial charge < -0.3 is 15.8 Å². The van der Waals surface area contributed by atoms with E-state index in [1.54, 1.807) is 18.2 Å². The fraction of sp³-hybridized carbons (Fsp3) is 0.429. The molecule has 5 heteroatoms. The molecule has 0 radical (unpaired) electrons. The molecule has 19 heavy (non-hydrogen) atoms. The van der Waals surface area contributed by atoms with Crippen molar-refractivity contribution in [3.63, 3.8) is 0 Å². The van der Waals surface area contributed by atoms with Crippen LogP contribution in [0.5, 0.6) is 0 Å². The molecule has 104 valence electrons. The van der Waals surface area contributed by atoms with Crippen LogP contribution in [0.1, 0.15) is 35.7 Å². The minimum atomic E-state index is -0.394. The summed E-state index contributed by atoms with van der Waals surface area (Å²) in [4.78, 5) is 23.1. The Morgan fingerprint density at radius 3 is 2.63 bits per heavy atom. The number of anilines is 1. The summed E-state index contributed by atoms with van der Waals surface area (Å²) in [5, 5.41) is 2.79. The quantitative estimate of drug-likeness (QED) is 0.795. The Morgan fingerprint density at radius 2 is 2.11 bits per heavy atom. The third-order valence-electron chi connectivity index (χ3n) is 2.89. The maximum absolute atomic E-state index is 11.7. The molecule has 0 fully saturated rings. The Balaban J connectivity index is 2.75.